The Kier molecular flexibility index (Phi) is 2.44. The van der Waals surface area contributed by atoms with Gasteiger partial charge in [0.2, 0.25) is 0 Å². The summed E-state index contributed by atoms with van der Waals surface area (Å²) in [5.74, 6) is -0.400. The van der Waals surface area contributed by atoms with Crippen molar-refractivity contribution in [3.63, 3.8) is 0 Å². The molecule has 2 amide bonds. The number of sulfone groups is 1. The fraction of sp³-hybridized carbons (Fsp3) is 0.667. The van der Waals surface area contributed by atoms with Gasteiger partial charge in [0.15, 0.2) is 9.84 Å². The van der Waals surface area contributed by atoms with Gasteiger partial charge in [0.05, 0.1) is 0 Å². The molecule has 0 saturated carbocycles. The van der Waals surface area contributed by atoms with Crippen molar-refractivity contribution in [2.45, 2.75) is 0 Å². The third-order valence-corrected chi connectivity index (χ3v) is 1.18. The lowest BCUT2D eigenvalue weighted by molar-refractivity contribution is 0.250. The predicted octanol–water partition coefficient (Wildman–Crippen LogP) is -1.34. The number of nitrogens with two attached hydrogens (primary N) is 1. The van der Waals surface area contributed by atoms with Crippen molar-refractivity contribution in [2.75, 3.05) is 12.1 Å². The van der Waals surface area contributed by atoms with Crippen LogP contribution in [-0.2, 0) is 9.84 Å². The van der Waals surface area contributed by atoms with Gasteiger partial charge in [0.1, 0.15) is 5.88 Å². The summed E-state index contributed by atoms with van der Waals surface area (Å²) in [4.78, 5) is 9.89. The number of urea groups is 1. The molecule has 0 aromatic heterocycles. The molecule has 0 rings (SSSR count). The first-order valence-electron chi connectivity index (χ1n) is 2.13. The van der Waals surface area contributed by atoms with Gasteiger partial charge in [0.25, 0.3) is 0 Å². The molecule has 5 nitrogen and oxygen atoms in total. The fourth-order valence-electron chi connectivity index (χ4n) is 0.202. The number of hydrogen-bond donors (Lipinski definition) is 2. The molecule has 0 saturated heterocycles. The molecule has 0 bridgehead atoms. The summed E-state index contributed by atoms with van der Waals surface area (Å²) in [5.41, 5.74) is 4.59. The number of nitrogens with one attached hydrogen (secondary N) is 1. The maximum atomic E-state index is 10.3. The SMILES string of the molecule is CS(=O)(=O)CNC(N)=O. The molecule has 0 aromatic carbocycles. The number of hydrogen-bond acceptors (Lipinski definition) is 3. The van der Waals surface area contributed by atoms with E-state index in [2.05, 4.69) is 5.73 Å². The highest BCUT2D eigenvalue weighted by atomic mass is 32.2. The molecule has 0 aliphatic carbocycles. The van der Waals surface area contributed by atoms with Crippen molar-refractivity contribution in [1.29, 1.82) is 0 Å². The van der Waals surface area contributed by atoms with Crippen LogP contribution in [0, 0.1) is 0 Å². The average molecular weight is 152 g/mol. The molecule has 0 aliphatic heterocycles. The highest BCUT2D eigenvalue weighted by Crippen LogP contribution is 1.74. The number of primary amides is 1. The van der Waals surface area contributed by atoms with E-state index in [1.54, 1.807) is 0 Å². The van der Waals surface area contributed by atoms with Crippen LogP contribution in [0.3, 0.4) is 0 Å². The Morgan fingerprint density at radius 1 is 1.67 bits per heavy atom. The standard InChI is InChI=1S/C3H8N2O3S/c1-9(7,8)2-5-3(4)6/h2H2,1H3,(H3,4,5,6). The van der Waals surface area contributed by atoms with Gasteiger partial charge >= 0.3 is 6.03 Å². The lowest BCUT2D eigenvalue weighted by Crippen LogP contribution is -2.33. The lowest BCUT2D eigenvalue weighted by atomic mass is 11.0. The van der Waals surface area contributed by atoms with Crippen molar-refractivity contribution in [3.05, 3.63) is 0 Å². The second kappa shape index (κ2) is 2.67. The first-order valence-corrected chi connectivity index (χ1v) is 4.19. The van der Waals surface area contributed by atoms with Gasteiger partial charge in [0, 0.05) is 6.26 Å². The van der Waals surface area contributed by atoms with Crippen LogP contribution >= 0.6 is 0 Å². The van der Waals surface area contributed by atoms with Gasteiger partial charge in [-0.05, 0) is 0 Å². The van der Waals surface area contributed by atoms with Crippen LogP contribution in [0.5, 0.6) is 0 Å². The smallest absolute Gasteiger partial charge is 0.313 e. The maximum absolute atomic E-state index is 10.3. The molecule has 0 heterocycles. The summed E-state index contributed by atoms with van der Waals surface area (Å²) in [6.07, 6.45) is 1.00. The summed E-state index contributed by atoms with van der Waals surface area (Å²) in [7, 11) is -3.13. The summed E-state index contributed by atoms with van der Waals surface area (Å²) in [6, 6.07) is -0.833. The topological polar surface area (TPSA) is 89.3 Å². The Morgan fingerprint density at radius 3 is 2.22 bits per heavy atom. The first kappa shape index (κ1) is 8.22. The summed E-state index contributed by atoms with van der Waals surface area (Å²) in [5, 5.41) is 1.94. The molecule has 0 aliphatic rings. The van der Waals surface area contributed by atoms with Crippen LogP contribution in [0.4, 0.5) is 4.79 Å². The molecule has 0 aromatic rings. The molecular formula is C3H8N2O3S. The normalized spacial score (nSPS) is 10.8. The van der Waals surface area contributed by atoms with Gasteiger partial charge in [-0.1, -0.05) is 0 Å². The Bertz CT molecular complexity index is 195. The maximum Gasteiger partial charge on any atom is 0.313 e. The molecule has 9 heavy (non-hydrogen) atoms. The van der Waals surface area contributed by atoms with Crippen LogP contribution in [0.25, 0.3) is 0 Å². The van der Waals surface area contributed by atoms with E-state index in [-0.39, 0.29) is 0 Å². The average Bonchev–Trinajstić information content (AvgIpc) is 1.59. The van der Waals surface area contributed by atoms with Gasteiger partial charge < -0.3 is 11.1 Å². The highest BCUT2D eigenvalue weighted by Gasteiger charge is 2.00. The van der Waals surface area contributed by atoms with E-state index in [0.29, 0.717) is 0 Å². The Hall–Kier alpha value is -0.780. The Balaban J connectivity index is 3.67. The van der Waals surface area contributed by atoms with E-state index < -0.39 is 21.7 Å². The Labute approximate surface area is 53.1 Å². The van der Waals surface area contributed by atoms with Crippen LogP contribution in [-0.4, -0.2) is 26.6 Å². The third kappa shape index (κ3) is 7.22. The first-order chi connectivity index (χ1) is 3.92. The lowest BCUT2D eigenvalue weighted by Gasteiger charge is -1.96. The molecule has 0 radical (unpaired) electrons. The molecule has 0 spiro atoms. The van der Waals surface area contributed by atoms with E-state index in [4.69, 9.17) is 0 Å². The predicted molar refractivity (Wildman–Crippen MR) is 32.4 cm³/mol. The minimum absolute atomic E-state index is 0.400. The number of carbonyl (C=O) groups excluding carboxylic acids is 1. The molecule has 0 unspecified atom stereocenters. The van der Waals surface area contributed by atoms with Gasteiger partial charge in [-0.3, -0.25) is 0 Å². The molecule has 6 heteroatoms. The highest BCUT2D eigenvalue weighted by molar-refractivity contribution is 7.90. The molecule has 0 atom stereocenters. The van der Waals surface area contributed by atoms with Crippen LogP contribution in [0.15, 0.2) is 0 Å². The summed E-state index contributed by atoms with van der Waals surface area (Å²) >= 11 is 0. The second-order valence-corrected chi connectivity index (χ2v) is 3.75. The third-order valence-electron chi connectivity index (χ3n) is 0.509. The summed E-state index contributed by atoms with van der Waals surface area (Å²) < 4.78 is 20.5. The molecule has 54 valence electrons. The molecular weight excluding hydrogens is 144 g/mol. The van der Waals surface area contributed by atoms with Gasteiger partial charge in [-0.25, -0.2) is 13.2 Å². The monoisotopic (exact) mass is 152 g/mol. The molecule has 3 N–H and O–H groups in total. The van der Waals surface area contributed by atoms with Crippen molar-refractivity contribution in [1.82, 2.24) is 5.32 Å². The van der Waals surface area contributed by atoms with E-state index in [1.807, 2.05) is 5.32 Å². The van der Waals surface area contributed by atoms with E-state index in [9.17, 15) is 13.2 Å². The Morgan fingerprint density at radius 2 is 2.11 bits per heavy atom. The van der Waals surface area contributed by atoms with Crippen molar-refractivity contribution in [2.24, 2.45) is 5.73 Å². The van der Waals surface area contributed by atoms with Crippen molar-refractivity contribution < 1.29 is 13.2 Å². The minimum atomic E-state index is -3.13. The van der Waals surface area contributed by atoms with E-state index >= 15 is 0 Å². The van der Waals surface area contributed by atoms with E-state index in [0.717, 1.165) is 6.26 Å². The number of carbonyl (C=O) groups is 1. The number of rotatable bonds is 2. The largest absolute Gasteiger partial charge is 0.352 e. The van der Waals surface area contributed by atoms with Crippen LogP contribution < -0.4 is 11.1 Å². The van der Waals surface area contributed by atoms with E-state index in [1.165, 1.54) is 0 Å². The van der Waals surface area contributed by atoms with Crippen LogP contribution in [0.2, 0.25) is 0 Å². The summed E-state index contributed by atoms with van der Waals surface area (Å²) in [6.45, 7) is 0. The number of amides is 2. The zero-order valence-electron chi connectivity index (χ0n) is 4.92. The van der Waals surface area contributed by atoms with Gasteiger partial charge in [-0.15, -0.1) is 0 Å². The zero-order valence-corrected chi connectivity index (χ0v) is 5.73. The zero-order chi connectivity index (χ0) is 7.49. The van der Waals surface area contributed by atoms with Crippen LogP contribution in [0.1, 0.15) is 0 Å². The second-order valence-electron chi connectivity index (χ2n) is 1.61. The quantitative estimate of drug-likeness (QED) is 0.513. The minimum Gasteiger partial charge on any atom is -0.352 e. The van der Waals surface area contributed by atoms with Crippen molar-refractivity contribution in [3.8, 4) is 0 Å². The molecule has 0 fully saturated rings. The van der Waals surface area contributed by atoms with Gasteiger partial charge in [-0.2, -0.15) is 0 Å². The fourth-order valence-corrected chi connectivity index (χ4v) is 0.607. The van der Waals surface area contributed by atoms with Crippen molar-refractivity contribution >= 4 is 15.9 Å².